The lowest BCUT2D eigenvalue weighted by atomic mass is 10.2. The molecule has 0 N–H and O–H groups in total. The summed E-state index contributed by atoms with van der Waals surface area (Å²) in [5.41, 5.74) is 0. The number of ether oxygens (including phenoxy) is 16. The Morgan fingerprint density at radius 1 is 0.188 bits per heavy atom. The maximum Gasteiger partial charge on any atom is 0.104 e. The van der Waals surface area contributed by atoms with Crippen LogP contribution in [0.2, 0.25) is 0 Å². The molecule has 0 spiro atoms. The number of hydrogen-bond acceptors (Lipinski definition) is 16. The van der Waals surface area contributed by atoms with E-state index in [-0.39, 0.29) is 6.10 Å². The molecule has 0 amide bonds. The molecule has 0 fully saturated rings. The Labute approximate surface area is 918 Å². The van der Waals surface area contributed by atoms with Crippen molar-refractivity contribution < 1.29 is 75.8 Å². The van der Waals surface area contributed by atoms with Gasteiger partial charge in [0.15, 0.2) is 0 Å². The van der Waals surface area contributed by atoms with Gasteiger partial charge in [-0.15, -0.1) is 0 Å². The van der Waals surface area contributed by atoms with Gasteiger partial charge in [-0.3, -0.25) is 0 Å². The van der Waals surface area contributed by atoms with Crippen molar-refractivity contribution in [3.05, 3.63) is 0 Å². The van der Waals surface area contributed by atoms with Crippen LogP contribution in [0.15, 0.2) is 0 Å². The fourth-order valence-electron chi connectivity index (χ4n) is 4.98. The fourth-order valence-corrected chi connectivity index (χ4v) is 16.0. The minimum Gasteiger partial charge on any atom is -0.380 e. The van der Waals surface area contributed by atoms with Crippen LogP contribution in [0.1, 0.15) is 58.8 Å². The van der Waals surface area contributed by atoms with Crippen molar-refractivity contribution >= 4 is 497 Å². The van der Waals surface area contributed by atoms with Gasteiger partial charge >= 0.3 is 0 Å². The van der Waals surface area contributed by atoms with Gasteiger partial charge in [0.1, 0.15) is 6.10 Å². The smallest absolute Gasteiger partial charge is 0.104 e. The number of halogens is 22. The third kappa shape index (κ3) is 186. The zero-order valence-electron chi connectivity index (χ0n) is 59.5. The summed E-state index contributed by atoms with van der Waals surface area (Å²) in [4.78, 5) is 0. The highest BCUT2D eigenvalue weighted by Crippen LogP contribution is 2.13. The van der Waals surface area contributed by atoms with Gasteiger partial charge in [-0.05, 0) is 34.5 Å². The van der Waals surface area contributed by atoms with Gasteiger partial charge in [-0.2, -0.15) is 0 Å². The van der Waals surface area contributed by atoms with Crippen molar-refractivity contribution in [3.8, 4) is 0 Å². The first-order valence-electron chi connectivity index (χ1n) is 33.0. The molecule has 0 aliphatic rings. The summed E-state index contributed by atoms with van der Waals surface area (Å²) in [5, 5.41) is 0. The first-order valence-corrected chi connectivity index (χ1v) is 65.7. The van der Waals surface area contributed by atoms with E-state index in [9.17, 15) is 0 Å². The summed E-state index contributed by atoms with van der Waals surface area (Å²) in [7, 11) is 0. The summed E-state index contributed by atoms with van der Waals surface area (Å²) in [6.45, 7) is 25.3. The standard InChI is InChI=1S/C21H41I3O9.C8H16I2O3.C7H14I2.C6H12I2O2.C5H10I2.2C4H8I2O.C3H5I3.C3H6I2.C2H4I2/c22-1-4-25-7-10-28-13-15-31-19-21(33-18-17-30-12-9-27-6-3-24)20-32-16-14-29-11-8-26-5-2-23;9-1-3-11-5-7-13-8-6-12-4-2-10;8-6-4-2-1-3-5-7-9;7-1-3-9-5-6-10-4-2-8;1-4(6)3-5(2)7;2*5-1-3-7-4-2-6;4-1-3(6)2-5;4-2-1-3-5;3-1-2-4/h21H,1-20H2;1-8H2;1-7H2;1-6H2;4-5H,3H2,1-2H3;2*1-4H2;3H,1-2H2;1-3H2;1-2H2. The number of rotatable bonds is 67. The molecule has 0 aromatic carbocycles. The Morgan fingerprint density at radius 3 is 0.515 bits per heavy atom. The van der Waals surface area contributed by atoms with Gasteiger partial charge in [-0.1, -0.05) is 530 Å². The van der Waals surface area contributed by atoms with Crippen LogP contribution >= 0.6 is 497 Å². The van der Waals surface area contributed by atoms with E-state index in [2.05, 4.69) is 511 Å². The van der Waals surface area contributed by atoms with E-state index < -0.39 is 0 Å². The first-order chi connectivity index (χ1) is 49.2. The average molecular weight is 3930 g/mol. The highest BCUT2D eigenvalue weighted by molar-refractivity contribution is 14.1. The van der Waals surface area contributed by atoms with E-state index in [0.717, 1.165) is 146 Å². The van der Waals surface area contributed by atoms with Crippen molar-refractivity contribution in [2.45, 2.75) is 76.7 Å². The Hall–Kier alpha value is 15.4. The number of unbranched alkanes of at least 4 members (excludes halogenated alkanes) is 4. The van der Waals surface area contributed by atoms with Gasteiger partial charge in [0.25, 0.3) is 0 Å². The van der Waals surface area contributed by atoms with Gasteiger partial charge in [0.2, 0.25) is 0 Å². The fraction of sp³-hybridized carbons (Fsp3) is 1.00. The van der Waals surface area contributed by atoms with Gasteiger partial charge in [0.05, 0.1) is 205 Å². The molecule has 0 aromatic rings. The van der Waals surface area contributed by atoms with Crippen molar-refractivity contribution in [2.24, 2.45) is 0 Å². The zero-order chi connectivity index (χ0) is 77.9. The molecule has 101 heavy (non-hydrogen) atoms. The van der Waals surface area contributed by atoms with Crippen LogP contribution in [0.4, 0.5) is 0 Å². The molecule has 0 aromatic heterocycles. The molecular weight excluding hydrogens is 3800 g/mol. The van der Waals surface area contributed by atoms with Crippen molar-refractivity contribution in [1.82, 2.24) is 0 Å². The Bertz CT molecular complexity index is 1140. The van der Waals surface area contributed by atoms with E-state index in [4.69, 9.17) is 75.8 Å². The highest BCUT2D eigenvalue weighted by atomic mass is 127. The third-order valence-corrected chi connectivity index (χ3v) is 27.6. The van der Waals surface area contributed by atoms with E-state index in [1.807, 2.05) is 0 Å². The Morgan fingerprint density at radius 2 is 0.366 bits per heavy atom. The SMILES string of the molecule is CC(I)CC(C)I.ICC(I)CI.ICCCCCCCI.ICCCI.ICCI.ICCOCCI.ICCOCCI.ICCOCCOCCI.ICCOCCOCCOCC(COCCOCCOCCI)OCCOCCOCCI.ICCOCCOCCOCCI. The largest absolute Gasteiger partial charge is 0.380 e. The van der Waals surface area contributed by atoms with Crippen molar-refractivity contribution in [3.63, 3.8) is 0 Å². The lowest BCUT2D eigenvalue weighted by Gasteiger charge is -2.18. The second-order valence-corrected chi connectivity index (χ2v) is 44.3. The van der Waals surface area contributed by atoms with Gasteiger partial charge < -0.3 is 75.8 Å². The summed E-state index contributed by atoms with van der Waals surface area (Å²) in [5.74, 6) is 0. The molecule has 0 rings (SSSR count). The summed E-state index contributed by atoms with van der Waals surface area (Å²) < 4.78 is 111. The van der Waals surface area contributed by atoms with Crippen LogP contribution in [-0.4, -0.2) is 307 Å². The lowest BCUT2D eigenvalue weighted by Crippen LogP contribution is -2.29. The summed E-state index contributed by atoms with van der Waals surface area (Å²) in [6, 6.07) is 0. The molecular formula is C63H124I22O16. The normalized spacial score (nSPS) is 11.0. The molecule has 2 unspecified atom stereocenters. The predicted molar refractivity (Wildman–Crippen MR) is 628 cm³/mol. The molecule has 0 saturated heterocycles. The molecule has 0 aliphatic carbocycles. The lowest BCUT2D eigenvalue weighted by molar-refractivity contribution is -0.0865. The van der Waals surface area contributed by atoms with Crippen LogP contribution in [0.5, 0.6) is 0 Å². The number of hydrogen-bond donors (Lipinski definition) is 0. The molecule has 2 atom stereocenters. The molecule has 0 aliphatic heterocycles. The van der Waals surface area contributed by atoms with Crippen LogP contribution in [-0.2, 0) is 75.8 Å². The summed E-state index contributed by atoms with van der Waals surface area (Å²) >= 11 is 51.7. The zero-order valence-corrected chi connectivity index (χ0v) is 107. The third-order valence-electron chi connectivity index (χ3n) is 9.19. The Kier molecular flexibility index (Phi) is 203. The van der Waals surface area contributed by atoms with Gasteiger partial charge in [-0.25, -0.2) is 0 Å². The minimum atomic E-state index is -0.178. The van der Waals surface area contributed by atoms with Crippen LogP contribution in [0, 0.1) is 0 Å². The highest BCUT2D eigenvalue weighted by Gasteiger charge is 2.11. The van der Waals surface area contributed by atoms with E-state index >= 15 is 0 Å². The molecule has 16 nitrogen and oxygen atoms in total. The monoisotopic (exact) mass is 3930 g/mol. The second kappa shape index (κ2) is 150. The van der Waals surface area contributed by atoms with Crippen LogP contribution in [0.25, 0.3) is 0 Å². The molecule has 0 heterocycles. The van der Waals surface area contributed by atoms with E-state index in [0.29, 0.717) is 119 Å². The number of alkyl halides is 22. The first kappa shape index (κ1) is 137. The van der Waals surface area contributed by atoms with Crippen LogP contribution < -0.4 is 0 Å². The van der Waals surface area contributed by atoms with Crippen LogP contribution in [0.3, 0.4) is 0 Å². The maximum absolute atomic E-state index is 5.87. The van der Waals surface area contributed by atoms with E-state index in [1.165, 1.54) is 80.4 Å². The van der Waals surface area contributed by atoms with Crippen molar-refractivity contribution in [2.75, 3.05) is 289 Å². The predicted octanol–water partition coefficient (Wildman–Crippen LogP) is 23.9. The molecule has 0 saturated carbocycles. The molecule has 38 heteroatoms. The molecule has 0 bridgehead atoms. The maximum atomic E-state index is 5.87. The van der Waals surface area contributed by atoms with Gasteiger partial charge in [0, 0.05) is 87.0 Å². The quantitative estimate of drug-likeness (QED) is 0.0323. The summed E-state index contributed by atoms with van der Waals surface area (Å²) in [6.07, 6.45) is 9.69. The van der Waals surface area contributed by atoms with E-state index in [1.54, 1.807) is 0 Å². The van der Waals surface area contributed by atoms with Crippen molar-refractivity contribution in [1.29, 1.82) is 0 Å². The Balaban J connectivity index is -0.000000126. The molecule has 626 valence electrons. The minimum absolute atomic E-state index is 0.178. The molecule has 0 radical (unpaired) electrons. The average Bonchev–Trinajstić information content (AvgIpc) is 2.88. The second-order valence-electron chi connectivity index (χ2n) is 18.1. The topological polar surface area (TPSA) is 148 Å².